The van der Waals surface area contributed by atoms with Crippen molar-refractivity contribution >= 4 is 34.7 Å². The van der Waals surface area contributed by atoms with Crippen LogP contribution in [0.15, 0.2) is 30.3 Å². The average Bonchev–Trinajstić information content (AvgIpc) is 3.17. The fourth-order valence-electron chi connectivity index (χ4n) is 4.41. The number of likely N-dealkylation sites (N-methyl/N-ethyl adjacent to an activating group) is 1. The zero-order valence-corrected chi connectivity index (χ0v) is 19.0. The maximum atomic E-state index is 14.3. The van der Waals surface area contributed by atoms with Crippen molar-refractivity contribution in [2.24, 2.45) is 0 Å². The summed E-state index contributed by atoms with van der Waals surface area (Å²) < 4.78 is 20.0. The Balaban J connectivity index is 1.63. The fourth-order valence-corrected chi connectivity index (χ4v) is 4.58. The number of ether oxygens (including phenoxy) is 1. The van der Waals surface area contributed by atoms with Crippen LogP contribution in [0.4, 0.5) is 26.2 Å². The third-order valence-corrected chi connectivity index (χ3v) is 6.71. The van der Waals surface area contributed by atoms with Crippen LogP contribution in [0.2, 0.25) is 5.02 Å². The molecule has 166 valence electrons. The van der Waals surface area contributed by atoms with Crippen LogP contribution in [0.25, 0.3) is 0 Å². The van der Waals surface area contributed by atoms with E-state index in [1.54, 1.807) is 18.1 Å². The minimum Gasteiger partial charge on any atom is -0.495 e. The summed E-state index contributed by atoms with van der Waals surface area (Å²) in [6.45, 7) is 6.68. The second-order valence-electron chi connectivity index (χ2n) is 8.35. The normalized spacial score (nSPS) is 21.2. The molecule has 0 aromatic heterocycles. The lowest BCUT2D eigenvalue weighted by Gasteiger charge is -2.44. The number of piperazine rings is 1. The van der Waals surface area contributed by atoms with Gasteiger partial charge >= 0.3 is 6.03 Å². The van der Waals surface area contributed by atoms with Crippen molar-refractivity contribution in [3.8, 4) is 5.75 Å². The van der Waals surface area contributed by atoms with Gasteiger partial charge in [0.05, 0.1) is 29.2 Å². The highest BCUT2D eigenvalue weighted by Gasteiger charge is 2.32. The first-order valence-corrected chi connectivity index (χ1v) is 10.9. The Labute approximate surface area is 187 Å². The molecule has 2 aromatic rings. The summed E-state index contributed by atoms with van der Waals surface area (Å²) in [5.41, 5.74) is 2.91. The number of carbonyl (C=O) groups is 1. The highest BCUT2D eigenvalue weighted by atomic mass is 35.5. The van der Waals surface area contributed by atoms with Crippen LogP contribution in [0.5, 0.6) is 5.75 Å². The lowest BCUT2D eigenvalue weighted by molar-refractivity contribution is 0.169. The number of fused-ring (bicyclic) bond motifs is 1. The molecule has 0 aliphatic carbocycles. The number of benzene rings is 2. The standard InChI is InChI=1S/C23H28ClFN4O2/c1-14-12-28(13-15(2)27(14)3)20-11-19-16(10-21(20)31-4)8-9-29(19)23(30)26-18-7-5-6-17(24)22(18)25/h5-7,10-11,14-15H,8-9,12-13H2,1-4H3,(H,26,30). The van der Waals surface area contributed by atoms with Gasteiger partial charge in [0, 0.05) is 31.7 Å². The Hall–Kier alpha value is -2.51. The number of methoxy groups -OCH3 is 1. The van der Waals surface area contributed by atoms with Crippen molar-refractivity contribution in [1.29, 1.82) is 0 Å². The molecule has 4 rings (SSSR count). The van der Waals surface area contributed by atoms with Crippen molar-refractivity contribution in [3.05, 3.63) is 46.7 Å². The van der Waals surface area contributed by atoms with E-state index in [1.807, 2.05) is 12.1 Å². The van der Waals surface area contributed by atoms with Gasteiger partial charge in [-0.1, -0.05) is 17.7 Å². The van der Waals surface area contributed by atoms with E-state index in [0.29, 0.717) is 25.0 Å². The number of amides is 2. The van der Waals surface area contributed by atoms with E-state index in [2.05, 4.69) is 36.0 Å². The Bertz CT molecular complexity index is 990. The van der Waals surface area contributed by atoms with Crippen molar-refractivity contribution in [2.45, 2.75) is 32.4 Å². The summed E-state index contributed by atoms with van der Waals surface area (Å²) in [7, 11) is 3.82. The molecule has 1 N–H and O–H groups in total. The monoisotopic (exact) mass is 446 g/mol. The maximum Gasteiger partial charge on any atom is 0.326 e. The van der Waals surface area contributed by atoms with Crippen molar-refractivity contribution < 1.29 is 13.9 Å². The van der Waals surface area contributed by atoms with Gasteiger partial charge in [-0.05, 0) is 57.1 Å². The molecule has 0 radical (unpaired) electrons. The molecule has 2 aliphatic heterocycles. The summed E-state index contributed by atoms with van der Waals surface area (Å²) in [5.74, 6) is 0.179. The largest absolute Gasteiger partial charge is 0.495 e. The molecule has 2 amide bonds. The van der Waals surface area contributed by atoms with Crippen LogP contribution in [0.3, 0.4) is 0 Å². The van der Waals surface area contributed by atoms with Crippen LogP contribution in [0, 0.1) is 5.82 Å². The van der Waals surface area contributed by atoms with Gasteiger partial charge in [0.25, 0.3) is 0 Å². The Morgan fingerprint density at radius 3 is 2.58 bits per heavy atom. The van der Waals surface area contributed by atoms with Gasteiger partial charge in [-0.2, -0.15) is 0 Å². The quantitative estimate of drug-likeness (QED) is 0.747. The van der Waals surface area contributed by atoms with Gasteiger partial charge in [-0.15, -0.1) is 0 Å². The number of nitrogens with one attached hydrogen (secondary N) is 1. The summed E-state index contributed by atoms with van der Waals surface area (Å²) in [4.78, 5) is 19.3. The van der Waals surface area contributed by atoms with Gasteiger partial charge in [0.15, 0.2) is 5.82 Å². The van der Waals surface area contributed by atoms with Crippen molar-refractivity contribution in [1.82, 2.24) is 4.90 Å². The van der Waals surface area contributed by atoms with Crippen LogP contribution >= 0.6 is 11.6 Å². The van der Waals surface area contributed by atoms with Gasteiger partial charge in [0.1, 0.15) is 5.75 Å². The second-order valence-corrected chi connectivity index (χ2v) is 8.76. The minimum atomic E-state index is -0.632. The third-order valence-electron chi connectivity index (χ3n) is 6.41. The van der Waals surface area contributed by atoms with E-state index >= 15 is 0 Å². The Kier molecular flexibility index (Phi) is 5.99. The first kappa shape index (κ1) is 21.7. The predicted molar refractivity (Wildman–Crippen MR) is 123 cm³/mol. The number of anilines is 3. The third kappa shape index (κ3) is 4.04. The number of urea groups is 1. The summed E-state index contributed by atoms with van der Waals surface area (Å²) in [6, 6.07) is 9.02. The first-order chi connectivity index (χ1) is 14.8. The maximum absolute atomic E-state index is 14.3. The van der Waals surface area contributed by atoms with E-state index < -0.39 is 5.82 Å². The van der Waals surface area contributed by atoms with Crippen LogP contribution in [0.1, 0.15) is 19.4 Å². The molecule has 2 aliphatic rings. The molecule has 2 aromatic carbocycles. The van der Waals surface area contributed by atoms with E-state index in [-0.39, 0.29) is 16.7 Å². The molecular weight excluding hydrogens is 419 g/mol. The average molecular weight is 447 g/mol. The Morgan fingerprint density at radius 1 is 1.19 bits per heavy atom. The molecular formula is C23H28ClFN4O2. The van der Waals surface area contributed by atoms with E-state index in [0.717, 1.165) is 35.8 Å². The van der Waals surface area contributed by atoms with E-state index in [9.17, 15) is 9.18 Å². The molecule has 6 nitrogen and oxygen atoms in total. The number of rotatable bonds is 3. The van der Waals surface area contributed by atoms with E-state index in [4.69, 9.17) is 16.3 Å². The zero-order valence-electron chi connectivity index (χ0n) is 18.3. The van der Waals surface area contributed by atoms with Crippen LogP contribution in [-0.4, -0.2) is 56.8 Å². The molecule has 8 heteroatoms. The molecule has 1 fully saturated rings. The summed E-state index contributed by atoms with van der Waals surface area (Å²) >= 11 is 5.85. The van der Waals surface area contributed by atoms with Gasteiger partial charge in [-0.25, -0.2) is 9.18 Å². The number of nitrogens with zero attached hydrogens (tertiary/aromatic N) is 3. The smallest absolute Gasteiger partial charge is 0.326 e. The summed E-state index contributed by atoms with van der Waals surface area (Å²) in [6.07, 6.45) is 0.715. The van der Waals surface area contributed by atoms with Crippen LogP contribution in [-0.2, 0) is 6.42 Å². The molecule has 0 saturated carbocycles. The summed E-state index contributed by atoms with van der Waals surface area (Å²) in [5, 5.41) is 2.63. The van der Waals surface area contributed by atoms with E-state index in [1.165, 1.54) is 12.1 Å². The predicted octanol–water partition coefficient (Wildman–Crippen LogP) is 4.61. The van der Waals surface area contributed by atoms with Crippen LogP contribution < -0.4 is 19.9 Å². The topological polar surface area (TPSA) is 48.1 Å². The highest BCUT2D eigenvalue weighted by Crippen LogP contribution is 2.40. The van der Waals surface area contributed by atoms with Gasteiger partial charge < -0.3 is 15.0 Å². The lowest BCUT2D eigenvalue weighted by Crippen LogP contribution is -2.55. The second kappa shape index (κ2) is 8.55. The van der Waals surface area contributed by atoms with Crippen molar-refractivity contribution in [3.63, 3.8) is 0 Å². The highest BCUT2D eigenvalue weighted by molar-refractivity contribution is 6.31. The molecule has 1 saturated heterocycles. The lowest BCUT2D eigenvalue weighted by atomic mass is 10.1. The molecule has 2 atom stereocenters. The first-order valence-electron chi connectivity index (χ1n) is 10.5. The fraction of sp³-hybridized carbons (Fsp3) is 0.435. The zero-order chi connectivity index (χ0) is 22.3. The van der Waals surface area contributed by atoms with Gasteiger partial charge in [-0.3, -0.25) is 9.80 Å². The molecule has 0 bridgehead atoms. The van der Waals surface area contributed by atoms with Crippen molar-refractivity contribution in [2.75, 3.05) is 48.9 Å². The SMILES string of the molecule is COc1cc2c(cc1N1CC(C)N(C)C(C)C1)N(C(=O)Nc1cccc(Cl)c1F)CC2. The molecule has 2 unspecified atom stereocenters. The number of hydrogen-bond donors (Lipinski definition) is 1. The Morgan fingerprint density at radius 2 is 1.90 bits per heavy atom. The minimum absolute atomic E-state index is 0.0232. The number of halogens is 2. The molecule has 31 heavy (non-hydrogen) atoms. The molecule has 0 spiro atoms. The number of hydrogen-bond acceptors (Lipinski definition) is 4. The number of carbonyl (C=O) groups excluding carboxylic acids is 1. The van der Waals surface area contributed by atoms with Gasteiger partial charge in [0.2, 0.25) is 0 Å². The molecule has 2 heterocycles.